The Hall–Kier alpha value is -3.02. The van der Waals surface area contributed by atoms with Gasteiger partial charge in [-0.2, -0.15) is 0 Å². The average molecular weight is 328 g/mol. The predicted octanol–water partition coefficient (Wildman–Crippen LogP) is 2.96. The van der Waals surface area contributed by atoms with Gasteiger partial charge in [-0.25, -0.2) is 0 Å². The van der Waals surface area contributed by atoms with Gasteiger partial charge in [-0.1, -0.05) is 12.1 Å². The Morgan fingerprint density at radius 3 is 2.38 bits per heavy atom. The molecule has 6 heteroatoms. The number of amides is 1. The molecule has 0 spiro atoms. The molecule has 0 aromatic heterocycles. The molecule has 2 N–H and O–H groups in total. The number of para-hydroxylation sites is 1. The van der Waals surface area contributed by atoms with Crippen molar-refractivity contribution in [2.24, 2.45) is 0 Å². The molecule has 0 aliphatic carbocycles. The van der Waals surface area contributed by atoms with E-state index < -0.39 is 0 Å². The number of benzene rings is 2. The molecule has 0 heterocycles. The van der Waals surface area contributed by atoms with Crippen LogP contribution in [-0.4, -0.2) is 32.5 Å². The molecule has 6 nitrogen and oxygen atoms in total. The van der Waals surface area contributed by atoms with Gasteiger partial charge in [0.05, 0.1) is 20.8 Å². The van der Waals surface area contributed by atoms with Crippen LogP contribution < -0.4 is 20.1 Å². The summed E-state index contributed by atoms with van der Waals surface area (Å²) in [5, 5.41) is 5.74. The molecule has 0 bridgehead atoms. The minimum Gasteiger partial charge on any atom is -0.493 e. The van der Waals surface area contributed by atoms with Crippen molar-refractivity contribution >= 4 is 23.1 Å². The summed E-state index contributed by atoms with van der Waals surface area (Å²) in [5.41, 5.74) is 1.78. The van der Waals surface area contributed by atoms with Gasteiger partial charge in [0.25, 0.3) is 0 Å². The number of methoxy groups -OCH3 is 2. The van der Waals surface area contributed by atoms with Crippen LogP contribution in [0.5, 0.6) is 11.5 Å². The first-order chi connectivity index (χ1) is 11.5. The summed E-state index contributed by atoms with van der Waals surface area (Å²) in [6, 6.07) is 12.2. The van der Waals surface area contributed by atoms with Crippen LogP contribution in [0.3, 0.4) is 0 Å². The number of hydrogen-bond donors (Lipinski definition) is 2. The SMILES string of the molecule is COc1ccc(NC(=O)CNc2ccccc2C(C)=O)cc1OC. The minimum atomic E-state index is -0.236. The van der Waals surface area contributed by atoms with Crippen LogP contribution in [0.2, 0.25) is 0 Å². The highest BCUT2D eigenvalue weighted by Gasteiger charge is 2.09. The number of Topliss-reactive ketones (excluding diaryl/α,β-unsaturated/α-hetero) is 1. The molecule has 2 rings (SSSR count). The Labute approximate surface area is 140 Å². The maximum atomic E-state index is 12.1. The molecule has 2 aromatic rings. The summed E-state index contributed by atoms with van der Waals surface area (Å²) >= 11 is 0. The predicted molar refractivity (Wildman–Crippen MR) is 93.1 cm³/mol. The summed E-state index contributed by atoms with van der Waals surface area (Å²) < 4.78 is 10.4. The lowest BCUT2D eigenvalue weighted by molar-refractivity contribution is -0.114. The van der Waals surface area contributed by atoms with E-state index in [0.717, 1.165) is 0 Å². The second-order valence-corrected chi connectivity index (χ2v) is 5.07. The Balaban J connectivity index is 2.00. The van der Waals surface area contributed by atoms with Gasteiger partial charge >= 0.3 is 0 Å². The Bertz CT molecular complexity index is 744. The van der Waals surface area contributed by atoms with Crippen LogP contribution >= 0.6 is 0 Å². The number of ether oxygens (including phenoxy) is 2. The van der Waals surface area contributed by atoms with E-state index in [4.69, 9.17) is 9.47 Å². The highest BCUT2D eigenvalue weighted by atomic mass is 16.5. The van der Waals surface area contributed by atoms with E-state index in [1.54, 1.807) is 49.6 Å². The molecule has 0 fully saturated rings. The van der Waals surface area contributed by atoms with E-state index in [9.17, 15) is 9.59 Å². The quantitative estimate of drug-likeness (QED) is 0.764. The van der Waals surface area contributed by atoms with Gasteiger partial charge < -0.3 is 20.1 Å². The molecule has 1 amide bonds. The molecule has 0 saturated carbocycles. The molecular formula is C18H20N2O4. The number of rotatable bonds is 7. The fourth-order valence-electron chi connectivity index (χ4n) is 2.24. The average Bonchev–Trinajstić information content (AvgIpc) is 2.60. The number of ketones is 1. The fraction of sp³-hybridized carbons (Fsp3) is 0.222. The molecule has 2 aromatic carbocycles. The largest absolute Gasteiger partial charge is 0.493 e. The van der Waals surface area contributed by atoms with E-state index in [1.807, 2.05) is 0 Å². The van der Waals surface area contributed by atoms with Crippen molar-refractivity contribution in [2.45, 2.75) is 6.92 Å². The van der Waals surface area contributed by atoms with Crippen LogP contribution in [0.25, 0.3) is 0 Å². The van der Waals surface area contributed by atoms with Crippen LogP contribution in [0, 0.1) is 0 Å². The maximum absolute atomic E-state index is 12.1. The fourth-order valence-corrected chi connectivity index (χ4v) is 2.24. The zero-order valence-corrected chi connectivity index (χ0v) is 13.9. The van der Waals surface area contributed by atoms with Gasteiger partial charge in [0.1, 0.15) is 0 Å². The third-order valence-electron chi connectivity index (χ3n) is 3.41. The molecule has 0 atom stereocenters. The van der Waals surface area contributed by atoms with Crippen molar-refractivity contribution in [3.63, 3.8) is 0 Å². The smallest absolute Gasteiger partial charge is 0.243 e. The molecule has 126 valence electrons. The molecule has 24 heavy (non-hydrogen) atoms. The van der Waals surface area contributed by atoms with Gasteiger partial charge in [0.15, 0.2) is 17.3 Å². The standard InChI is InChI=1S/C18H20N2O4/c1-12(21)14-6-4-5-7-15(14)19-11-18(22)20-13-8-9-16(23-2)17(10-13)24-3/h4-10,19H,11H2,1-3H3,(H,20,22). The number of nitrogens with one attached hydrogen (secondary N) is 2. The summed E-state index contributed by atoms with van der Waals surface area (Å²) in [6.45, 7) is 1.53. The Morgan fingerprint density at radius 1 is 1.00 bits per heavy atom. The van der Waals surface area contributed by atoms with Crippen LogP contribution in [0.15, 0.2) is 42.5 Å². The summed E-state index contributed by atoms with van der Waals surface area (Å²) in [6.07, 6.45) is 0. The monoisotopic (exact) mass is 328 g/mol. The van der Waals surface area contributed by atoms with Gasteiger partial charge in [0, 0.05) is 23.0 Å². The van der Waals surface area contributed by atoms with Gasteiger partial charge in [0.2, 0.25) is 5.91 Å². The lowest BCUT2D eigenvalue weighted by atomic mass is 10.1. The third-order valence-corrected chi connectivity index (χ3v) is 3.41. The van der Waals surface area contributed by atoms with Crippen molar-refractivity contribution in [1.29, 1.82) is 0 Å². The first-order valence-electron chi connectivity index (χ1n) is 7.41. The lowest BCUT2D eigenvalue weighted by Gasteiger charge is -2.12. The van der Waals surface area contributed by atoms with E-state index >= 15 is 0 Å². The van der Waals surface area contributed by atoms with Gasteiger partial charge in [-0.3, -0.25) is 9.59 Å². The minimum absolute atomic E-state index is 0.0403. The highest BCUT2D eigenvalue weighted by molar-refractivity contribution is 6.00. The lowest BCUT2D eigenvalue weighted by Crippen LogP contribution is -2.22. The summed E-state index contributed by atoms with van der Waals surface area (Å²) in [7, 11) is 3.08. The summed E-state index contributed by atoms with van der Waals surface area (Å²) in [4.78, 5) is 23.7. The Morgan fingerprint density at radius 2 is 1.71 bits per heavy atom. The molecule has 0 radical (unpaired) electrons. The van der Waals surface area contributed by atoms with Crippen molar-refractivity contribution in [3.05, 3.63) is 48.0 Å². The molecule has 0 unspecified atom stereocenters. The first-order valence-corrected chi connectivity index (χ1v) is 7.41. The molecule has 0 aliphatic heterocycles. The zero-order valence-electron chi connectivity index (χ0n) is 13.9. The zero-order chi connectivity index (χ0) is 17.5. The topological polar surface area (TPSA) is 76.7 Å². The normalized spacial score (nSPS) is 9.96. The number of carbonyl (C=O) groups excluding carboxylic acids is 2. The maximum Gasteiger partial charge on any atom is 0.243 e. The van der Waals surface area contributed by atoms with Crippen molar-refractivity contribution in [3.8, 4) is 11.5 Å². The van der Waals surface area contributed by atoms with E-state index in [1.165, 1.54) is 14.0 Å². The third kappa shape index (κ3) is 4.25. The van der Waals surface area contributed by atoms with Crippen molar-refractivity contribution in [2.75, 3.05) is 31.4 Å². The molecular weight excluding hydrogens is 308 g/mol. The van der Waals surface area contributed by atoms with E-state index in [-0.39, 0.29) is 18.2 Å². The molecule has 0 saturated heterocycles. The van der Waals surface area contributed by atoms with Crippen molar-refractivity contribution < 1.29 is 19.1 Å². The van der Waals surface area contributed by atoms with Crippen LogP contribution in [-0.2, 0) is 4.79 Å². The van der Waals surface area contributed by atoms with E-state index in [0.29, 0.717) is 28.4 Å². The van der Waals surface area contributed by atoms with Gasteiger partial charge in [-0.15, -0.1) is 0 Å². The summed E-state index contributed by atoms with van der Waals surface area (Å²) in [5.74, 6) is 0.827. The first kappa shape index (κ1) is 17.3. The second kappa shape index (κ2) is 8.01. The molecule has 0 aliphatic rings. The highest BCUT2D eigenvalue weighted by Crippen LogP contribution is 2.29. The van der Waals surface area contributed by atoms with Crippen LogP contribution in [0.1, 0.15) is 17.3 Å². The second-order valence-electron chi connectivity index (χ2n) is 5.07. The Kier molecular flexibility index (Phi) is 5.78. The van der Waals surface area contributed by atoms with Crippen molar-refractivity contribution in [1.82, 2.24) is 0 Å². The number of anilines is 2. The van der Waals surface area contributed by atoms with Gasteiger partial charge in [-0.05, 0) is 31.2 Å². The number of hydrogen-bond acceptors (Lipinski definition) is 5. The van der Waals surface area contributed by atoms with E-state index in [2.05, 4.69) is 10.6 Å². The number of carbonyl (C=O) groups is 2. The van der Waals surface area contributed by atoms with Crippen LogP contribution in [0.4, 0.5) is 11.4 Å².